The number of benzene rings is 1. The van der Waals surface area contributed by atoms with Crippen LogP contribution in [0, 0.1) is 0 Å². The standard InChI is InChI=1S/C9H7ClN2O/c10-8-3-1-7(2-4-8)5-9(13)6-12-11/h1-4,6H,5H2. The van der Waals surface area contributed by atoms with Crippen LogP contribution in [0.4, 0.5) is 0 Å². The first-order valence-corrected chi connectivity index (χ1v) is 4.05. The Labute approximate surface area is 80.6 Å². The summed E-state index contributed by atoms with van der Waals surface area (Å²) in [6.45, 7) is 0. The predicted molar refractivity (Wildman–Crippen MR) is 49.8 cm³/mol. The van der Waals surface area contributed by atoms with Crippen molar-refractivity contribution in [3.05, 3.63) is 40.4 Å². The van der Waals surface area contributed by atoms with E-state index in [-0.39, 0.29) is 12.2 Å². The smallest absolute Gasteiger partial charge is 0.323 e. The van der Waals surface area contributed by atoms with Crippen molar-refractivity contribution in [2.24, 2.45) is 0 Å². The van der Waals surface area contributed by atoms with Gasteiger partial charge in [0.15, 0.2) is 0 Å². The van der Waals surface area contributed by atoms with Crippen LogP contribution in [0.25, 0.3) is 5.53 Å². The number of hydrogen-bond acceptors (Lipinski definition) is 1. The Hall–Kier alpha value is -1.44. The first-order chi connectivity index (χ1) is 6.22. The molecule has 0 N–H and O–H groups in total. The van der Waals surface area contributed by atoms with Crippen LogP contribution in [0.15, 0.2) is 24.3 Å². The molecule has 1 aromatic carbocycles. The molecule has 0 aliphatic heterocycles. The first-order valence-electron chi connectivity index (χ1n) is 3.67. The van der Waals surface area contributed by atoms with Crippen molar-refractivity contribution in [2.75, 3.05) is 0 Å². The number of rotatable bonds is 3. The van der Waals surface area contributed by atoms with Gasteiger partial charge in [-0.05, 0) is 17.7 Å². The Morgan fingerprint density at radius 2 is 2.08 bits per heavy atom. The third kappa shape index (κ3) is 3.20. The Kier molecular flexibility index (Phi) is 3.38. The summed E-state index contributed by atoms with van der Waals surface area (Å²) in [5.74, 6) is -0.246. The molecule has 4 heteroatoms. The van der Waals surface area contributed by atoms with E-state index in [1.165, 1.54) is 0 Å². The lowest BCUT2D eigenvalue weighted by Gasteiger charge is -1.94. The summed E-state index contributed by atoms with van der Waals surface area (Å²) in [4.78, 5) is 13.6. The van der Waals surface area contributed by atoms with Gasteiger partial charge in [0.2, 0.25) is 5.78 Å². The highest BCUT2D eigenvalue weighted by Gasteiger charge is 2.03. The first kappa shape index (κ1) is 9.65. The quantitative estimate of drug-likeness (QED) is 0.411. The van der Waals surface area contributed by atoms with Gasteiger partial charge in [-0.1, -0.05) is 23.7 Å². The largest absolute Gasteiger partial charge is 0.361 e. The zero-order valence-corrected chi connectivity index (χ0v) is 7.53. The van der Waals surface area contributed by atoms with Gasteiger partial charge in [-0.15, -0.1) is 0 Å². The Bertz CT molecular complexity index is 352. The van der Waals surface area contributed by atoms with E-state index in [9.17, 15) is 4.79 Å². The van der Waals surface area contributed by atoms with Crippen LogP contribution in [0.2, 0.25) is 5.02 Å². The molecular formula is C9H7ClN2O. The summed E-state index contributed by atoms with van der Waals surface area (Å²) in [6, 6.07) is 6.93. The molecule has 0 heterocycles. The highest BCUT2D eigenvalue weighted by atomic mass is 35.5. The number of hydrogen-bond donors (Lipinski definition) is 0. The van der Waals surface area contributed by atoms with Crippen LogP contribution < -0.4 is 0 Å². The molecule has 0 aromatic heterocycles. The van der Waals surface area contributed by atoms with Gasteiger partial charge in [-0.2, -0.15) is 4.79 Å². The third-order valence-corrected chi connectivity index (χ3v) is 1.75. The lowest BCUT2D eigenvalue weighted by Crippen LogP contribution is -2.03. The van der Waals surface area contributed by atoms with Crippen LogP contribution in [0.5, 0.6) is 0 Å². The number of halogens is 1. The monoisotopic (exact) mass is 194 g/mol. The second-order valence-electron chi connectivity index (χ2n) is 2.51. The van der Waals surface area contributed by atoms with Crippen molar-refractivity contribution >= 4 is 23.6 Å². The molecular weight excluding hydrogens is 188 g/mol. The minimum absolute atomic E-state index is 0.223. The zero-order chi connectivity index (χ0) is 9.68. The van der Waals surface area contributed by atoms with E-state index in [0.717, 1.165) is 11.8 Å². The van der Waals surface area contributed by atoms with Crippen molar-refractivity contribution in [1.29, 1.82) is 0 Å². The zero-order valence-electron chi connectivity index (χ0n) is 6.77. The maximum atomic E-state index is 11.0. The predicted octanol–water partition coefficient (Wildman–Crippen LogP) is 1.75. The Morgan fingerprint density at radius 1 is 1.46 bits per heavy atom. The molecule has 3 nitrogen and oxygen atoms in total. The van der Waals surface area contributed by atoms with Crippen molar-refractivity contribution in [3.8, 4) is 0 Å². The van der Waals surface area contributed by atoms with E-state index >= 15 is 0 Å². The molecule has 0 bridgehead atoms. The van der Waals surface area contributed by atoms with E-state index in [2.05, 4.69) is 4.79 Å². The summed E-state index contributed by atoms with van der Waals surface area (Å²) in [5, 5.41) is 0.632. The molecule has 0 saturated heterocycles. The fraction of sp³-hybridized carbons (Fsp3) is 0.111. The Morgan fingerprint density at radius 3 is 2.62 bits per heavy atom. The van der Waals surface area contributed by atoms with Gasteiger partial charge in [0, 0.05) is 11.4 Å². The van der Waals surface area contributed by atoms with Gasteiger partial charge in [0.05, 0.1) is 0 Å². The summed E-state index contributed by atoms with van der Waals surface area (Å²) >= 11 is 5.66. The fourth-order valence-electron chi connectivity index (χ4n) is 0.913. The number of ketones is 1. The SMILES string of the molecule is [N-]=[N+]=CC(=O)Cc1ccc(Cl)cc1. The number of carbonyl (C=O) groups is 1. The number of carbonyl (C=O) groups excluding carboxylic acids is 1. The molecule has 0 amide bonds. The molecule has 0 unspecified atom stereocenters. The van der Waals surface area contributed by atoms with Crippen molar-refractivity contribution in [1.82, 2.24) is 0 Å². The van der Waals surface area contributed by atoms with Crippen LogP contribution >= 0.6 is 11.6 Å². The summed E-state index contributed by atoms with van der Waals surface area (Å²) in [7, 11) is 0. The summed E-state index contributed by atoms with van der Waals surface area (Å²) in [6.07, 6.45) is 1.11. The molecule has 0 radical (unpaired) electrons. The minimum atomic E-state index is -0.246. The van der Waals surface area contributed by atoms with E-state index in [4.69, 9.17) is 17.1 Å². The average Bonchev–Trinajstić information content (AvgIpc) is 2.09. The van der Waals surface area contributed by atoms with E-state index in [0.29, 0.717) is 5.02 Å². The highest BCUT2D eigenvalue weighted by molar-refractivity contribution is 6.30. The van der Waals surface area contributed by atoms with Crippen LogP contribution in [0.3, 0.4) is 0 Å². The van der Waals surface area contributed by atoms with Crippen molar-refractivity contribution in [3.63, 3.8) is 0 Å². The van der Waals surface area contributed by atoms with E-state index < -0.39 is 0 Å². The maximum absolute atomic E-state index is 11.0. The maximum Gasteiger partial charge on any atom is 0.323 e. The van der Waals surface area contributed by atoms with Crippen LogP contribution in [-0.4, -0.2) is 16.8 Å². The topological polar surface area (TPSA) is 53.5 Å². The molecule has 0 aliphatic rings. The van der Waals surface area contributed by atoms with Gasteiger partial charge < -0.3 is 5.53 Å². The molecule has 0 saturated carbocycles. The summed E-state index contributed by atoms with van der Waals surface area (Å²) < 4.78 is 0. The molecule has 0 spiro atoms. The van der Waals surface area contributed by atoms with E-state index in [1.54, 1.807) is 24.3 Å². The molecule has 0 atom stereocenters. The normalized spacial score (nSPS) is 9.00. The second kappa shape index (κ2) is 4.55. The van der Waals surface area contributed by atoms with Crippen LogP contribution in [0.1, 0.15) is 5.56 Å². The Balaban J connectivity index is 2.69. The molecule has 1 aromatic rings. The van der Waals surface area contributed by atoms with Crippen LogP contribution in [-0.2, 0) is 11.2 Å². The minimum Gasteiger partial charge on any atom is -0.361 e. The number of Topliss-reactive ketones (excluding diaryl/α,β-unsaturated/α-hetero) is 1. The van der Waals surface area contributed by atoms with Crippen molar-refractivity contribution < 1.29 is 9.58 Å². The molecule has 0 aliphatic carbocycles. The average molecular weight is 195 g/mol. The van der Waals surface area contributed by atoms with Gasteiger partial charge in [0.1, 0.15) is 0 Å². The lowest BCUT2D eigenvalue weighted by molar-refractivity contribution is -0.115. The third-order valence-electron chi connectivity index (χ3n) is 1.49. The van der Waals surface area contributed by atoms with Gasteiger partial charge >= 0.3 is 6.21 Å². The molecule has 1 rings (SSSR count). The van der Waals surface area contributed by atoms with E-state index in [1.807, 2.05) is 0 Å². The van der Waals surface area contributed by atoms with Gasteiger partial charge in [0.25, 0.3) is 0 Å². The lowest BCUT2D eigenvalue weighted by atomic mass is 10.1. The fourth-order valence-corrected chi connectivity index (χ4v) is 1.04. The number of nitrogens with zero attached hydrogens (tertiary/aromatic N) is 2. The summed E-state index contributed by atoms with van der Waals surface area (Å²) in [5.41, 5.74) is 8.93. The second-order valence-corrected chi connectivity index (χ2v) is 2.95. The van der Waals surface area contributed by atoms with Gasteiger partial charge in [-0.25, -0.2) is 0 Å². The highest BCUT2D eigenvalue weighted by Crippen LogP contribution is 2.09. The van der Waals surface area contributed by atoms with Crippen molar-refractivity contribution in [2.45, 2.75) is 6.42 Å². The molecule has 0 fully saturated rings. The molecule has 13 heavy (non-hydrogen) atoms. The molecule has 66 valence electrons. The van der Waals surface area contributed by atoms with Gasteiger partial charge in [-0.3, -0.25) is 4.79 Å².